The van der Waals surface area contributed by atoms with Gasteiger partial charge >= 0.3 is 0 Å². The highest BCUT2D eigenvalue weighted by Crippen LogP contribution is 2.08. The molecule has 4 nitrogen and oxygen atoms in total. The lowest BCUT2D eigenvalue weighted by molar-refractivity contribution is 0.306. The van der Waals surface area contributed by atoms with Gasteiger partial charge in [0, 0.05) is 30.4 Å². The first-order valence-corrected chi connectivity index (χ1v) is 4.33. The van der Waals surface area contributed by atoms with E-state index in [1.807, 2.05) is 0 Å². The molecular weight excluding hydrogens is 152 g/mol. The van der Waals surface area contributed by atoms with Gasteiger partial charge in [0.05, 0.1) is 0 Å². The van der Waals surface area contributed by atoms with Crippen LogP contribution in [0.3, 0.4) is 0 Å². The van der Waals surface area contributed by atoms with E-state index in [9.17, 15) is 8.76 Å². The van der Waals surface area contributed by atoms with E-state index in [0.29, 0.717) is 13.1 Å². The van der Waals surface area contributed by atoms with E-state index in [0.717, 1.165) is 12.8 Å². The molecule has 2 N–H and O–H groups in total. The number of hydrogen-bond acceptors (Lipinski definition) is 3. The molecule has 1 rings (SSSR count). The quantitative estimate of drug-likeness (QED) is 0.515. The normalized spacial score (nSPS) is 32.0. The molecule has 0 radical (unpaired) electrons. The Balaban J connectivity index is 2.39. The van der Waals surface area contributed by atoms with E-state index in [1.54, 1.807) is 0 Å². The summed E-state index contributed by atoms with van der Waals surface area (Å²) in [6.45, 7) is 1.11. The van der Waals surface area contributed by atoms with Crippen LogP contribution in [0.5, 0.6) is 0 Å². The van der Waals surface area contributed by atoms with E-state index in [-0.39, 0.29) is 6.04 Å². The Morgan fingerprint density at radius 1 is 1.70 bits per heavy atom. The highest BCUT2D eigenvalue weighted by atomic mass is 32.2. The van der Waals surface area contributed by atoms with Crippen LogP contribution in [-0.2, 0) is 11.3 Å². The molecule has 0 amide bonds. The maximum Gasteiger partial charge on any atom is 0.0254 e. The van der Waals surface area contributed by atoms with Crippen LogP contribution in [0.1, 0.15) is 12.8 Å². The maximum absolute atomic E-state index is 10.4. The second-order valence-electron chi connectivity index (χ2n) is 2.51. The molecule has 10 heavy (non-hydrogen) atoms. The van der Waals surface area contributed by atoms with Crippen molar-refractivity contribution in [3.05, 3.63) is 0 Å². The lowest BCUT2D eigenvalue weighted by Crippen LogP contribution is -2.43. The van der Waals surface area contributed by atoms with Crippen molar-refractivity contribution in [2.75, 3.05) is 13.1 Å². The molecule has 1 heterocycles. The zero-order chi connectivity index (χ0) is 7.56. The Hall–Kier alpha value is 0.0300. The smallest absolute Gasteiger partial charge is 0.0254 e. The van der Waals surface area contributed by atoms with Crippen molar-refractivity contribution in [3.8, 4) is 0 Å². The van der Waals surface area contributed by atoms with Gasteiger partial charge in [0.15, 0.2) is 0 Å². The summed E-state index contributed by atoms with van der Waals surface area (Å²) < 4.78 is 22.1. The molecule has 0 saturated carbocycles. The van der Waals surface area contributed by atoms with Gasteiger partial charge in [-0.2, -0.15) is 0 Å². The molecule has 0 aliphatic carbocycles. The second kappa shape index (κ2) is 3.43. The van der Waals surface area contributed by atoms with Crippen molar-refractivity contribution in [1.82, 2.24) is 4.31 Å². The van der Waals surface area contributed by atoms with Gasteiger partial charge in [-0.05, 0) is 12.8 Å². The fourth-order valence-corrected chi connectivity index (χ4v) is 1.70. The van der Waals surface area contributed by atoms with E-state index in [2.05, 4.69) is 0 Å². The lowest BCUT2D eigenvalue weighted by Gasteiger charge is -2.31. The average molecular weight is 163 g/mol. The van der Waals surface area contributed by atoms with Crippen LogP contribution in [0.15, 0.2) is 0 Å². The van der Waals surface area contributed by atoms with Crippen LogP contribution in [0.2, 0.25) is 0 Å². The zero-order valence-electron chi connectivity index (χ0n) is 5.66. The summed E-state index contributed by atoms with van der Waals surface area (Å²) in [5.74, 6) is 0. The van der Waals surface area contributed by atoms with Crippen LogP contribution < -0.4 is 5.73 Å². The van der Waals surface area contributed by atoms with Crippen LogP contribution in [0.4, 0.5) is 0 Å². The SMILES string of the molecule is N[C@@H]1CCCN(S(=O)[O-])C1. The molecule has 1 unspecified atom stereocenters. The summed E-state index contributed by atoms with van der Waals surface area (Å²) in [6, 6.07) is 0.0339. The summed E-state index contributed by atoms with van der Waals surface area (Å²) in [5, 5.41) is 0. The molecule has 1 aliphatic rings. The Bertz CT molecular complexity index is 142. The minimum absolute atomic E-state index is 0.0339. The third kappa shape index (κ3) is 2.02. The van der Waals surface area contributed by atoms with Crippen molar-refractivity contribution in [2.45, 2.75) is 18.9 Å². The molecule has 2 atom stereocenters. The second-order valence-corrected chi connectivity index (χ2v) is 3.46. The Morgan fingerprint density at radius 3 is 2.80 bits per heavy atom. The Labute approximate surface area is 62.8 Å². The predicted octanol–water partition coefficient (Wildman–Crippen LogP) is -0.796. The summed E-state index contributed by atoms with van der Waals surface area (Å²) >= 11 is -2.07. The summed E-state index contributed by atoms with van der Waals surface area (Å²) in [4.78, 5) is 0. The number of nitrogens with zero attached hydrogens (tertiary/aromatic N) is 1. The largest absolute Gasteiger partial charge is 0.760 e. The number of hydrogen-bond donors (Lipinski definition) is 1. The molecule has 1 fully saturated rings. The van der Waals surface area contributed by atoms with Crippen LogP contribution >= 0.6 is 0 Å². The van der Waals surface area contributed by atoms with Gasteiger partial charge in [-0.1, -0.05) is 0 Å². The number of rotatable bonds is 1. The van der Waals surface area contributed by atoms with Crippen molar-refractivity contribution < 1.29 is 8.76 Å². The van der Waals surface area contributed by atoms with E-state index in [1.165, 1.54) is 4.31 Å². The third-order valence-corrected chi connectivity index (χ3v) is 2.38. The molecule has 1 aliphatic heterocycles. The van der Waals surface area contributed by atoms with Gasteiger partial charge in [0.2, 0.25) is 0 Å². The lowest BCUT2D eigenvalue weighted by atomic mass is 10.1. The standard InChI is InChI=1S/C5H12N2O2S/c6-5-2-1-3-7(4-5)10(8)9/h5H,1-4,6H2,(H,8,9)/p-1/t5-/m1/s1. The molecule has 0 aromatic rings. The van der Waals surface area contributed by atoms with Crippen LogP contribution in [0, 0.1) is 0 Å². The van der Waals surface area contributed by atoms with Gasteiger partial charge in [-0.15, -0.1) is 0 Å². The molecule has 0 spiro atoms. The van der Waals surface area contributed by atoms with Gasteiger partial charge in [-0.25, -0.2) is 4.31 Å². The third-order valence-electron chi connectivity index (χ3n) is 1.63. The summed E-state index contributed by atoms with van der Waals surface area (Å²) in [6.07, 6.45) is 1.82. The van der Waals surface area contributed by atoms with Crippen molar-refractivity contribution in [2.24, 2.45) is 5.73 Å². The highest BCUT2D eigenvalue weighted by molar-refractivity contribution is 7.76. The molecule has 60 valence electrons. The fraction of sp³-hybridized carbons (Fsp3) is 1.00. The first kappa shape index (κ1) is 8.13. The molecule has 1 saturated heterocycles. The van der Waals surface area contributed by atoms with Crippen molar-refractivity contribution >= 4 is 11.3 Å². The minimum Gasteiger partial charge on any atom is -0.760 e. The first-order chi connectivity index (χ1) is 4.70. The van der Waals surface area contributed by atoms with Crippen LogP contribution in [-0.4, -0.2) is 32.2 Å². The van der Waals surface area contributed by atoms with Crippen molar-refractivity contribution in [3.63, 3.8) is 0 Å². The predicted molar refractivity (Wildman–Crippen MR) is 37.7 cm³/mol. The van der Waals surface area contributed by atoms with Gasteiger partial charge in [0.25, 0.3) is 0 Å². The summed E-state index contributed by atoms with van der Waals surface area (Å²) in [5.41, 5.74) is 5.55. The van der Waals surface area contributed by atoms with Crippen LogP contribution in [0.25, 0.3) is 0 Å². The fourth-order valence-electron chi connectivity index (χ4n) is 1.11. The monoisotopic (exact) mass is 163 g/mol. The van der Waals surface area contributed by atoms with E-state index >= 15 is 0 Å². The first-order valence-electron chi connectivity index (χ1n) is 3.30. The molecular formula is C5H11N2O2S-. The van der Waals surface area contributed by atoms with Crippen molar-refractivity contribution in [1.29, 1.82) is 0 Å². The molecule has 5 heteroatoms. The summed E-state index contributed by atoms with van der Waals surface area (Å²) in [7, 11) is 0. The van der Waals surface area contributed by atoms with Gasteiger partial charge in [-0.3, -0.25) is 4.21 Å². The molecule has 0 bridgehead atoms. The number of piperidine rings is 1. The highest BCUT2D eigenvalue weighted by Gasteiger charge is 2.16. The van der Waals surface area contributed by atoms with Gasteiger partial charge < -0.3 is 10.3 Å². The average Bonchev–Trinajstić information content (AvgIpc) is 1.88. The van der Waals surface area contributed by atoms with E-state index < -0.39 is 11.3 Å². The Kier molecular flexibility index (Phi) is 2.79. The van der Waals surface area contributed by atoms with E-state index in [4.69, 9.17) is 5.73 Å². The minimum atomic E-state index is -2.07. The van der Waals surface area contributed by atoms with Gasteiger partial charge in [0.1, 0.15) is 0 Å². The Morgan fingerprint density at radius 2 is 2.40 bits per heavy atom. The topological polar surface area (TPSA) is 69.4 Å². The number of nitrogens with two attached hydrogens (primary N) is 1. The molecule has 0 aromatic heterocycles. The maximum atomic E-state index is 10.4. The molecule has 0 aromatic carbocycles. The zero-order valence-corrected chi connectivity index (χ0v) is 6.47.